The van der Waals surface area contributed by atoms with Crippen LogP contribution in [0.1, 0.15) is 22.8 Å². The summed E-state index contributed by atoms with van der Waals surface area (Å²) < 4.78 is 0. The molecule has 1 aromatic rings. The minimum absolute atomic E-state index is 0.149. The summed E-state index contributed by atoms with van der Waals surface area (Å²) in [6.45, 7) is 3.35. The maximum atomic E-state index is 11.9. The van der Waals surface area contributed by atoms with Crippen molar-refractivity contribution in [1.29, 1.82) is 0 Å². The molecule has 0 saturated carbocycles. The summed E-state index contributed by atoms with van der Waals surface area (Å²) in [5.41, 5.74) is 1.02. The quantitative estimate of drug-likeness (QED) is 0.868. The van der Waals surface area contributed by atoms with E-state index in [0.717, 1.165) is 5.56 Å². The van der Waals surface area contributed by atoms with Crippen LogP contribution in [-0.4, -0.2) is 23.6 Å². The lowest BCUT2D eigenvalue weighted by molar-refractivity contribution is -0.118. The molecule has 0 aliphatic rings. The first kappa shape index (κ1) is 15.3. The summed E-state index contributed by atoms with van der Waals surface area (Å²) in [5.74, 6) is -0.865. The third kappa shape index (κ3) is 3.37. The molecule has 6 heteroatoms. The highest BCUT2D eigenvalue weighted by atomic mass is 35.5. The van der Waals surface area contributed by atoms with Crippen LogP contribution in [0.5, 0.6) is 0 Å². The molecular formula is C12H12Cl3NO2. The second-order valence-corrected chi connectivity index (χ2v) is 4.88. The maximum Gasteiger partial charge on any atom is 0.253 e. The van der Waals surface area contributed by atoms with Crippen LogP contribution in [0.2, 0.25) is 10.0 Å². The fourth-order valence-electron chi connectivity index (χ4n) is 1.29. The largest absolute Gasteiger partial charge is 0.342 e. The number of benzene rings is 1. The second kappa shape index (κ2) is 6.41. The Balaban J connectivity index is 2.92. The number of carbonyl (C=O) groups excluding carboxylic acids is 2. The molecule has 1 N–H and O–H groups in total. The number of Topliss-reactive ketones (excluding diaryl/α,β-unsaturated/α-hetero) is 1. The molecule has 0 aliphatic heterocycles. The molecule has 1 aromatic carbocycles. The lowest BCUT2D eigenvalue weighted by atomic mass is 10.1. The van der Waals surface area contributed by atoms with Gasteiger partial charge in [0.15, 0.2) is 5.78 Å². The van der Waals surface area contributed by atoms with Gasteiger partial charge in [0.2, 0.25) is 0 Å². The molecule has 0 saturated heterocycles. The molecule has 0 radical (unpaired) electrons. The van der Waals surface area contributed by atoms with Crippen molar-refractivity contribution in [2.24, 2.45) is 0 Å². The number of hydrogen-bond acceptors (Lipinski definition) is 2. The van der Waals surface area contributed by atoms with E-state index in [9.17, 15) is 9.59 Å². The summed E-state index contributed by atoms with van der Waals surface area (Å²) in [7, 11) is 0. The Hall–Kier alpha value is -0.770. The Morgan fingerprint density at radius 1 is 1.28 bits per heavy atom. The third-order valence-electron chi connectivity index (χ3n) is 2.48. The molecule has 0 fully saturated rings. The van der Waals surface area contributed by atoms with Gasteiger partial charge in [0, 0.05) is 0 Å². The van der Waals surface area contributed by atoms with E-state index in [0.29, 0.717) is 5.02 Å². The number of rotatable bonds is 4. The normalized spacial score (nSPS) is 12.1. The van der Waals surface area contributed by atoms with Crippen molar-refractivity contribution in [3.05, 3.63) is 33.3 Å². The number of alkyl halides is 1. The van der Waals surface area contributed by atoms with Gasteiger partial charge >= 0.3 is 0 Å². The molecular weight excluding hydrogens is 296 g/mol. The van der Waals surface area contributed by atoms with Crippen molar-refractivity contribution < 1.29 is 9.59 Å². The minimum atomic E-state index is -0.661. The van der Waals surface area contributed by atoms with Gasteiger partial charge in [0.05, 0.1) is 27.5 Å². The van der Waals surface area contributed by atoms with Crippen molar-refractivity contribution in [3.63, 3.8) is 0 Å². The first-order valence-corrected chi connectivity index (χ1v) is 6.51. The van der Waals surface area contributed by atoms with Gasteiger partial charge < -0.3 is 5.32 Å². The molecule has 1 amide bonds. The molecule has 3 nitrogen and oxygen atoms in total. The van der Waals surface area contributed by atoms with E-state index in [1.807, 2.05) is 0 Å². The Bertz CT molecular complexity index is 488. The van der Waals surface area contributed by atoms with Gasteiger partial charge in [0.25, 0.3) is 5.91 Å². The standard InChI is InChI=1S/C12H12Cl3NO2/c1-6-3-4-8(11(15)10(6)14)12(18)16-7(2)9(17)5-13/h3-4,7H,5H2,1-2H3,(H,16,18). The number of hydrogen-bond donors (Lipinski definition) is 1. The van der Waals surface area contributed by atoms with Gasteiger partial charge in [0.1, 0.15) is 0 Å². The monoisotopic (exact) mass is 307 g/mol. The van der Waals surface area contributed by atoms with Crippen LogP contribution < -0.4 is 5.32 Å². The molecule has 0 heterocycles. The average molecular weight is 309 g/mol. The summed E-state index contributed by atoms with van der Waals surface area (Å²) in [5, 5.41) is 3.03. The first-order chi connectivity index (χ1) is 8.38. The van der Waals surface area contributed by atoms with Crippen molar-refractivity contribution in [2.45, 2.75) is 19.9 Å². The highest BCUT2D eigenvalue weighted by molar-refractivity contribution is 6.44. The smallest absolute Gasteiger partial charge is 0.253 e. The molecule has 0 spiro atoms. The fraction of sp³-hybridized carbons (Fsp3) is 0.333. The number of aryl methyl sites for hydroxylation is 1. The van der Waals surface area contributed by atoms with E-state index < -0.39 is 11.9 Å². The summed E-state index contributed by atoms with van der Waals surface area (Å²) in [4.78, 5) is 23.2. The van der Waals surface area contributed by atoms with Gasteiger partial charge in [-0.15, -0.1) is 11.6 Å². The Morgan fingerprint density at radius 3 is 2.44 bits per heavy atom. The highest BCUT2D eigenvalue weighted by Crippen LogP contribution is 2.29. The zero-order valence-electron chi connectivity index (χ0n) is 9.89. The van der Waals surface area contributed by atoms with Gasteiger partial charge in [-0.3, -0.25) is 9.59 Å². The Morgan fingerprint density at radius 2 is 1.89 bits per heavy atom. The van der Waals surface area contributed by atoms with E-state index in [4.69, 9.17) is 34.8 Å². The molecule has 1 rings (SSSR count). The molecule has 0 bridgehead atoms. The van der Waals surface area contributed by atoms with Crippen molar-refractivity contribution in [2.75, 3.05) is 5.88 Å². The van der Waals surface area contributed by atoms with Crippen LogP contribution in [0.15, 0.2) is 12.1 Å². The van der Waals surface area contributed by atoms with E-state index in [1.54, 1.807) is 26.0 Å². The molecule has 18 heavy (non-hydrogen) atoms. The lowest BCUT2D eigenvalue weighted by Gasteiger charge is -2.13. The molecule has 0 aliphatic carbocycles. The minimum Gasteiger partial charge on any atom is -0.342 e. The topological polar surface area (TPSA) is 46.2 Å². The van der Waals surface area contributed by atoms with Crippen LogP contribution in [0, 0.1) is 6.92 Å². The van der Waals surface area contributed by atoms with Crippen molar-refractivity contribution >= 4 is 46.5 Å². The van der Waals surface area contributed by atoms with E-state index >= 15 is 0 Å². The second-order valence-electron chi connectivity index (χ2n) is 3.85. The van der Waals surface area contributed by atoms with Crippen LogP contribution in [0.4, 0.5) is 0 Å². The average Bonchev–Trinajstić information content (AvgIpc) is 2.34. The van der Waals surface area contributed by atoms with Crippen molar-refractivity contribution in [1.82, 2.24) is 5.32 Å². The maximum absolute atomic E-state index is 11.9. The van der Waals surface area contributed by atoms with Gasteiger partial charge in [-0.2, -0.15) is 0 Å². The summed E-state index contributed by atoms with van der Waals surface area (Å²) in [6.07, 6.45) is 0. The van der Waals surface area contributed by atoms with Gasteiger partial charge in [-0.25, -0.2) is 0 Å². The number of amides is 1. The van der Waals surface area contributed by atoms with Crippen LogP contribution in [-0.2, 0) is 4.79 Å². The zero-order chi connectivity index (χ0) is 13.9. The zero-order valence-corrected chi connectivity index (χ0v) is 12.2. The van der Waals surface area contributed by atoms with Gasteiger partial charge in [-0.05, 0) is 25.5 Å². The van der Waals surface area contributed by atoms with Gasteiger partial charge in [-0.1, -0.05) is 29.3 Å². The first-order valence-electron chi connectivity index (χ1n) is 5.22. The Labute approximate surface area is 120 Å². The number of carbonyl (C=O) groups is 2. The van der Waals surface area contributed by atoms with E-state index in [-0.39, 0.29) is 22.2 Å². The predicted octanol–water partition coefficient (Wildman–Crippen LogP) is 3.23. The molecule has 1 unspecified atom stereocenters. The number of ketones is 1. The van der Waals surface area contributed by atoms with E-state index in [1.165, 1.54) is 0 Å². The molecule has 98 valence electrons. The van der Waals surface area contributed by atoms with Crippen LogP contribution in [0.3, 0.4) is 0 Å². The van der Waals surface area contributed by atoms with Crippen LogP contribution >= 0.6 is 34.8 Å². The molecule has 0 aromatic heterocycles. The summed E-state index contributed by atoms with van der Waals surface area (Å²) >= 11 is 17.3. The molecule has 1 atom stereocenters. The number of halogens is 3. The van der Waals surface area contributed by atoms with E-state index in [2.05, 4.69) is 5.32 Å². The summed E-state index contributed by atoms with van der Waals surface area (Å²) in [6, 6.07) is 2.60. The van der Waals surface area contributed by atoms with Crippen LogP contribution in [0.25, 0.3) is 0 Å². The fourth-order valence-corrected chi connectivity index (χ4v) is 1.99. The Kier molecular flexibility index (Phi) is 5.45. The predicted molar refractivity (Wildman–Crippen MR) is 73.9 cm³/mol. The third-order valence-corrected chi connectivity index (χ3v) is 3.72. The lowest BCUT2D eigenvalue weighted by Crippen LogP contribution is -2.39. The number of nitrogens with one attached hydrogen (secondary N) is 1. The SMILES string of the molecule is Cc1ccc(C(=O)NC(C)C(=O)CCl)c(Cl)c1Cl. The van der Waals surface area contributed by atoms with Crippen molar-refractivity contribution in [3.8, 4) is 0 Å². The highest BCUT2D eigenvalue weighted by Gasteiger charge is 2.19.